The SMILES string of the molecule is COC(=O)c1cccc(N(CC(=O)NCCC2=CCCCC2)C(C)=O)c1. The van der Waals surface area contributed by atoms with E-state index in [4.69, 9.17) is 4.74 Å². The highest BCUT2D eigenvalue weighted by Crippen LogP contribution is 2.19. The lowest BCUT2D eigenvalue weighted by Gasteiger charge is -2.21. The van der Waals surface area contributed by atoms with E-state index in [0.717, 1.165) is 19.3 Å². The molecule has 6 heteroatoms. The van der Waals surface area contributed by atoms with Gasteiger partial charge >= 0.3 is 5.97 Å². The number of nitrogens with zero attached hydrogens (tertiary/aromatic N) is 1. The fourth-order valence-corrected chi connectivity index (χ4v) is 3.00. The van der Waals surface area contributed by atoms with E-state index in [2.05, 4.69) is 11.4 Å². The summed E-state index contributed by atoms with van der Waals surface area (Å²) >= 11 is 0. The fraction of sp³-hybridized carbons (Fsp3) is 0.450. The number of ether oxygens (including phenoxy) is 1. The second-order valence-electron chi connectivity index (χ2n) is 6.36. The first kappa shape index (κ1) is 19.7. The van der Waals surface area contributed by atoms with Gasteiger partial charge in [-0.3, -0.25) is 9.59 Å². The zero-order chi connectivity index (χ0) is 18.9. The lowest BCUT2D eigenvalue weighted by Crippen LogP contribution is -2.40. The Morgan fingerprint density at radius 2 is 2.04 bits per heavy atom. The van der Waals surface area contributed by atoms with Crippen LogP contribution in [0.25, 0.3) is 0 Å². The molecule has 0 heterocycles. The quantitative estimate of drug-likeness (QED) is 0.601. The maximum absolute atomic E-state index is 12.2. The van der Waals surface area contributed by atoms with Crippen LogP contribution in [0.1, 0.15) is 49.4 Å². The lowest BCUT2D eigenvalue weighted by atomic mass is 9.97. The van der Waals surface area contributed by atoms with Gasteiger partial charge in [-0.05, 0) is 50.3 Å². The summed E-state index contributed by atoms with van der Waals surface area (Å²) in [5, 5.41) is 2.87. The molecule has 1 aliphatic rings. The number of methoxy groups -OCH3 is 1. The van der Waals surface area contributed by atoms with Crippen molar-refractivity contribution >= 4 is 23.5 Å². The number of esters is 1. The molecule has 1 aromatic carbocycles. The van der Waals surface area contributed by atoms with Crippen molar-refractivity contribution in [3.8, 4) is 0 Å². The van der Waals surface area contributed by atoms with Gasteiger partial charge in [0.15, 0.2) is 0 Å². The normalized spacial score (nSPS) is 13.5. The molecule has 2 rings (SSSR count). The van der Waals surface area contributed by atoms with Gasteiger partial charge in [-0.2, -0.15) is 0 Å². The monoisotopic (exact) mass is 358 g/mol. The molecule has 1 aromatic rings. The standard InChI is InChI=1S/C20H26N2O4/c1-15(23)22(18-10-6-9-17(13-18)20(25)26-2)14-19(24)21-12-11-16-7-4-3-5-8-16/h6-7,9-10,13H,3-5,8,11-12,14H2,1-2H3,(H,21,24). The van der Waals surface area contributed by atoms with Crippen LogP contribution in [0.3, 0.4) is 0 Å². The van der Waals surface area contributed by atoms with Crippen molar-refractivity contribution in [3.63, 3.8) is 0 Å². The molecule has 0 spiro atoms. The first-order valence-corrected chi connectivity index (χ1v) is 8.92. The van der Waals surface area contributed by atoms with E-state index in [0.29, 0.717) is 17.8 Å². The second-order valence-corrected chi connectivity index (χ2v) is 6.36. The smallest absolute Gasteiger partial charge is 0.337 e. The van der Waals surface area contributed by atoms with Crippen LogP contribution in [0.4, 0.5) is 5.69 Å². The van der Waals surface area contributed by atoms with Gasteiger partial charge in [0, 0.05) is 19.2 Å². The summed E-state index contributed by atoms with van der Waals surface area (Å²) < 4.78 is 4.70. The number of carbonyl (C=O) groups excluding carboxylic acids is 3. The summed E-state index contributed by atoms with van der Waals surface area (Å²) in [6.07, 6.45) is 7.80. The average Bonchev–Trinajstić information content (AvgIpc) is 2.66. The minimum atomic E-state index is -0.486. The maximum Gasteiger partial charge on any atom is 0.337 e. The van der Waals surface area contributed by atoms with Crippen LogP contribution in [-0.2, 0) is 14.3 Å². The Balaban J connectivity index is 1.95. The number of carbonyl (C=O) groups is 3. The predicted molar refractivity (Wildman–Crippen MR) is 100.0 cm³/mol. The Morgan fingerprint density at radius 1 is 1.23 bits per heavy atom. The van der Waals surface area contributed by atoms with Crippen molar-refractivity contribution in [2.75, 3.05) is 25.1 Å². The molecule has 0 aliphatic heterocycles. The van der Waals surface area contributed by atoms with Gasteiger partial charge in [0.2, 0.25) is 11.8 Å². The summed E-state index contributed by atoms with van der Waals surface area (Å²) in [5.41, 5.74) is 2.22. The van der Waals surface area contributed by atoms with E-state index in [-0.39, 0.29) is 18.4 Å². The molecule has 0 radical (unpaired) electrons. The molecular formula is C20H26N2O4. The van der Waals surface area contributed by atoms with Crippen molar-refractivity contribution in [3.05, 3.63) is 41.5 Å². The summed E-state index contributed by atoms with van der Waals surface area (Å²) in [6, 6.07) is 6.50. The summed E-state index contributed by atoms with van der Waals surface area (Å²) in [5.74, 6) is -0.974. The van der Waals surface area contributed by atoms with Gasteiger partial charge in [-0.15, -0.1) is 0 Å². The van der Waals surface area contributed by atoms with Crippen LogP contribution in [0.2, 0.25) is 0 Å². The maximum atomic E-state index is 12.2. The third-order valence-corrected chi connectivity index (χ3v) is 4.41. The first-order valence-electron chi connectivity index (χ1n) is 8.92. The molecule has 0 saturated heterocycles. The molecule has 0 unspecified atom stereocenters. The number of allylic oxidation sites excluding steroid dienone is 1. The van der Waals surface area contributed by atoms with E-state index >= 15 is 0 Å². The molecule has 1 N–H and O–H groups in total. The highest BCUT2D eigenvalue weighted by atomic mass is 16.5. The van der Waals surface area contributed by atoms with Crippen LogP contribution < -0.4 is 10.2 Å². The van der Waals surface area contributed by atoms with Crippen molar-refractivity contribution in [2.24, 2.45) is 0 Å². The highest BCUT2D eigenvalue weighted by Gasteiger charge is 2.17. The molecule has 0 fully saturated rings. The first-order chi connectivity index (χ1) is 12.5. The predicted octanol–water partition coefficient (Wildman–Crippen LogP) is 2.83. The number of nitrogens with one attached hydrogen (secondary N) is 1. The van der Waals surface area contributed by atoms with Crippen LogP contribution >= 0.6 is 0 Å². The van der Waals surface area contributed by atoms with Crippen molar-refractivity contribution in [2.45, 2.75) is 39.0 Å². The minimum Gasteiger partial charge on any atom is -0.465 e. The van der Waals surface area contributed by atoms with Crippen molar-refractivity contribution in [1.29, 1.82) is 0 Å². The van der Waals surface area contributed by atoms with Gasteiger partial charge in [-0.25, -0.2) is 4.79 Å². The fourth-order valence-electron chi connectivity index (χ4n) is 3.00. The molecule has 2 amide bonds. The third kappa shape index (κ3) is 5.72. The van der Waals surface area contributed by atoms with Gasteiger partial charge < -0.3 is 15.0 Å². The summed E-state index contributed by atoms with van der Waals surface area (Å²) in [7, 11) is 1.30. The highest BCUT2D eigenvalue weighted by molar-refractivity contribution is 5.99. The van der Waals surface area contributed by atoms with Gasteiger partial charge in [-0.1, -0.05) is 17.7 Å². The third-order valence-electron chi connectivity index (χ3n) is 4.41. The van der Waals surface area contributed by atoms with Crippen molar-refractivity contribution in [1.82, 2.24) is 5.32 Å². The van der Waals surface area contributed by atoms with Crippen molar-refractivity contribution < 1.29 is 19.1 Å². The molecule has 26 heavy (non-hydrogen) atoms. The minimum absolute atomic E-state index is 0.0843. The molecule has 0 saturated carbocycles. The molecule has 6 nitrogen and oxygen atoms in total. The average molecular weight is 358 g/mol. The molecule has 0 aromatic heterocycles. The van der Waals surface area contributed by atoms with E-state index < -0.39 is 5.97 Å². The Morgan fingerprint density at radius 3 is 2.69 bits per heavy atom. The van der Waals surface area contributed by atoms with Crippen LogP contribution in [0.15, 0.2) is 35.9 Å². The zero-order valence-electron chi connectivity index (χ0n) is 15.4. The van der Waals surface area contributed by atoms with E-state index in [9.17, 15) is 14.4 Å². The number of rotatable bonds is 7. The Kier molecular flexibility index (Phi) is 7.38. The topological polar surface area (TPSA) is 75.7 Å². The number of amides is 2. The molecule has 140 valence electrons. The van der Waals surface area contributed by atoms with Crippen LogP contribution in [-0.4, -0.2) is 38.0 Å². The van der Waals surface area contributed by atoms with Gasteiger partial charge in [0.1, 0.15) is 6.54 Å². The van der Waals surface area contributed by atoms with E-state index in [1.807, 2.05) is 0 Å². The Labute approximate surface area is 154 Å². The number of benzene rings is 1. The van der Waals surface area contributed by atoms with E-state index in [1.165, 1.54) is 37.3 Å². The zero-order valence-corrected chi connectivity index (χ0v) is 15.4. The van der Waals surface area contributed by atoms with Crippen LogP contribution in [0.5, 0.6) is 0 Å². The second kappa shape index (κ2) is 9.75. The molecule has 0 atom stereocenters. The van der Waals surface area contributed by atoms with Gasteiger partial charge in [0.05, 0.1) is 12.7 Å². The summed E-state index contributed by atoms with van der Waals surface area (Å²) in [4.78, 5) is 37.2. The number of hydrogen-bond acceptors (Lipinski definition) is 4. The largest absolute Gasteiger partial charge is 0.465 e. The molecule has 0 bridgehead atoms. The van der Waals surface area contributed by atoms with Gasteiger partial charge in [0.25, 0.3) is 0 Å². The lowest BCUT2D eigenvalue weighted by molar-refractivity contribution is -0.123. The Bertz CT molecular complexity index is 697. The van der Waals surface area contributed by atoms with Crippen LogP contribution in [0, 0.1) is 0 Å². The Hall–Kier alpha value is -2.63. The van der Waals surface area contributed by atoms with E-state index in [1.54, 1.807) is 24.3 Å². The molecule has 1 aliphatic carbocycles. The molecular weight excluding hydrogens is 332 g/mol. The number of anilines is 1. The number of hydrogen-bond donors (Lipinski definition) is 1. The summed E-state index contributed by atoms with van der Waals surface area (Å²) in [6.45, 7) is 1.88.